The fraction of sp³-hybridized carbons (Fsp3) is 0.429. The highest BCUT2D eigenvalue weighted by Gasteiger charge is 2.17. The second-order valence-corrected chi connectivity index (χ2v) is 3.94. The Kier molecular flexibility index (Phi) is 5.36. The van der Waals surface area contributed by atoms with E-state index in [1.807, 2.05) is 13.0 Å². The van der Waals surface area contributed by atoms with Gasteiger partial charge in [0.25, 0.3) is 5.91 Å². The van der Waals surface area contributed by atoms with Crippen molar-refractivity contribution in [3.05, 3.63) is 29.8 Å². The van der Waals surface area contributed by atoms with Gasteiger partial charge in [0.2, 0.25) is 0 Å². The minimum Gasteiger partial charge on any atom is -0.493 e. The minimum absolute atomic E-state index is 0.0113. The van der Waals surface area contributed by atoms with Crippen LogP contribution in [-0.2, 0) is 4.79 Å². The normalized spacial score (nSPS) is 11.7. The van der Waals surface area contributed by atoms with Gasteiger partial charge < -0.3 is 10.1 Å². The zero-order valence-electron chi connectivity index (χ0n) is 11.0. The van der Waals surface area contributed by atoms with Crippen molar-refractivity contribution in [2.75, 3.05) is 6.61 Å². The van der Waals surface area contributed by atoms with Crippen molar-refractivity contribution in [3.63, 3.8) is 0 Å². The number of ketones is 1. The van der Waals surface area contributed by atoms with Crippen molar-refractivity contribution < 1.29 is 14.3 Å². The summed E-state index contributed by atoms with van der Waals surface area (Å²) in [5, 5.41) is 2.68. The highest BCUT2D eigenvalue weighted by Crippen LogP contribution is 2.17. The summed E-state index contributed by atoms with van der Waals surface area (Å²) in [4.78, 5) is 23.5. The largest absolute Gasteiger partial charge is 0.493 e. The first-order chi connectivity index (χ1) is 8.60. The van der Waals surface area contributed by atoms with Gasteiger partial charge in [0.05, 0.1) is 18.2 Å². The van der Waals surface area contributed by atoms with E-state index < -0.39 is 6.04 Å². The van der Waals surface area contributed by atoms with Gasteiger partial charge in [-0.05, 0) is 26.0 Å². The molecule has 4 nitrogen and oxygen atoms in total. The predicted octanol–water partition coefficient (Wildman–Crippen LogP) is 2.18. The molecule has 0 aliphatic carbocycles. The Bertz CT molecular complexity index is 429. The molecule has 1 aromatic carbocycles. The third-order valence-corrected chi connectivity index (χ3v) is 2.61. The zero-order chi connectivity index (χ0) is 13.5. The van der Waals surface area contributed by atoms with E-state index in [-0.39, 0.29) is 11.7 Å². The highest BCUT2D eigenvalue weighted by atomic mass is 16.5. The van der Waals surface area contributed by atoms with Crippen LogP contribution in [0.4, 0.5) is 0 Å². The van der Waals surface area contributed by atoms with Crippen LogP contribution in [0.1, 0.15) is 37.6 Å². The van der Waals surface area contributed by atoms with Crippen LogP contribution in [0.5, 0.6) is 5.75 Å². The molecular formula is C14H19NO3. The Morgan fingerprint density at radius 1 is 1.28 bits per heavy atom. The van der Waals surface area contributed by atoms with E-state index in [4.69, 9.17) is 4.74 Å². The van der Waals surface area contributed by atoms with Crippen molar-refractivity contribution >= 4 is 11.7 Å². The monoisotopic (exact) mass is 249 g/mol. The molecule has 1 N–H and O–H groups in total. The fourth-order valence-electron chi connectivity index (χ4n) is 1.60. The summed E-state index contributed by atoms with van der Waals surface area (Å²) < 4.78 is 5.38. The van der Waals surface area contributed by atoms with Gasteiger partial charge in [0.15, 0.2) is 5.78 Å². The summed E-state index contributed by atoms with van der Waals surface area (Å²) in [7, 11) is 0. The lowest BCUT2D eigenvalue weighted by Crippen LogP contribution is -2.38. The molecule has 0 bridgehead atoms. The summed E-state index contributed by atoms with van der Waals surface area (Å²) in [5.74, 6) is 0.263. The van der Waals surface area contributed by atoms with E-state index in [9.17, 15) is 9.59 Å². The molecule has 1 amide bonds. The number of carbonyl (C=O) groups excluding carboxylic acids is 2. The van der Waals surface area contributed by atoms with E-state index in [0.717, 1.165) is 0 Å². The zero-order valence-corrected chi connectivity index (χ0v) is 11.0. The maximum absolute atomic E-state index is 12.0. The number of rotatable bonds is 6. The second kappa shape index (κ2) is 6.79. The Morgan fingerprint density at radius 2 is 1.94 bits per heavy atom. The number of amides is 1. The summed E-state index contributed by atoms with van der Waals surface area (Å²) in [6.45, 7) is 5.82. The average molecular weight is 249 g/mol. The Hall–Kier alpha value is -1.84. The van der Waals surface area contributed by atoms with Gasteiger partial charge in [-0.25, -0.2) is 0 Å². The first kappa shape index (κ1) is 14.2. The predicted molar refractivity (Wildman–Crippen MR) is 69.8 cm³/mol. The van der Waals surface area contributed by atoms with Crippen molar-refractivity contribution in [1.29, 1.82) is 0 Å². The number of ether oxygens (including phenoxy) is 1. The van der Waals surface area contributed by atoms with Crippen LogP contribution in [0, 0.1) is 0 Å². The standard InChI is InChI=1S/C14H19NO3/c1-4-12(16)10(3)15-14(17)11-8-6-7-9-13(11)18-5-2/h6-10H,4-5H2,1-3H3,(H,15,17). The Labute approximate surface area is 107 Å². The molecular weight excluding hydrogens is 230 g/mol. The van der Waals surface area contributed by atoms with Gasteiger partial charge >= 0.3 is 0 Å². The topological polar surface area (TPSA) is 55.4 Å². The Balaban J connectivity index is 2.81. The number of carbonyl (C=O) groups is 2. The number of benzene rings is 1. The van der Waals surface area contributed by atoms with Crippen molar-refractivity contribution in [1.82, 2.24) is 5.32 Å². The first-order valence-corrected chi connectivity index (χ1v) is 6.15. The number of hydrogen-bond donors (Lipinski definition) is 1. The smallest absolute Gasteiger partial charge is 0.255 e. The van der Waals surface area contributed by atoms with Crippen LogP contribution in [0.25, 0.3) is 0 Å². The maximum atomic E-state index is 12.0. The van der Waals surface area contributed by atoms with Crippen molar-refractivity contribution in [3.8, 4) is 5.75 Å². The quantitative estimate of drug-likeness (QED) is 0.840. The van der Waals surface area contributed by atoms with Crippen LogP contribution >= 0.6 is 0 Å². The lowest BCUT2D eigenvalue weighted by Gasteiger charge is -2.14. The number of nitrogens with one attached hydrogen (secondary N) is 1. The minimum atomic E-state index is -0.475. The maximum Gasteiger partial charge on any atom is 0.255 e. The van der Waals surface area contributed by atoms with Crippen LogP contribution in [0.15, 0.2) is 24.3 Å². The fourth-order valence-corrected chi connectivity index (χ4v) is 1.60. The van der Waals surface area contributed by atoms with Gasteiger partial charge in [0.1, 0.15) is 5.75 Å². The van der Waals surface area contributed by atoms with Crippen LogP contribution in [0.2, 0.25) is 0 Å². The molecule has 0 fully saturated rings. The summed E-state index contributed by atoms with van der Waals surface area (Å²) >= 11 is 0. The molecule has 1 atom stereocenters. The first-order valence-electron chi connectivity index (χ1n) is 6.15. The molecule has 0 saturated carbocycles. The number of hydrogen-bond acceptors (Lipinski definition) is 3. The molecule has 18 heavy (non-hydrogen) atoms. The summed E-state index contributed by atoms with van der Waals surface area (Å²) in [5.41, 5.74) is 0.454. The van der Waals surface area contributed by atoms with Crippen LogP contribution in [0.3, 0.4) is 0 Å². The molecule has 0 saturated heterocycles. The van der Waals surface area contributed by atoms with Gasteiger partial charge in [0, 0.05) is 6.42 Å². The van der Waals surface area contributed by atoms with Gasteiger partial charge in [-0.3, -0.25) is 9.59 Å². The molecule has 0 radical (unpaired) electrons. The van der Waals surface area contributed by atoms with E-state index in [1.54, 1.807) is 32.0 Å². The van der Waals surface area contributed by atoms with E-state index in [0.29, 0.717) is 24.3 Å². The molecule has 0 aromatic heterocycles. The molecule has 98 valence electrons. The third kappa shape index (κ3) is 3.58. The summed E-state index contributed by atoms with van der Waals surface area (Å²) in [6, 6.07) is 6.53. The van der Waals surface area contributed by atoms with Crippen LogP contribution in [-0.4, -0.2) is 24.3 Å². The SMILES string of the molecule is CCOc1ccccc1C(=O)NC(C)C(=O)CC. The van der Waals surface area contributed by atoms with Gasteiger partial charge in [-0.15, -0.1) is 0 Å². The van der Waals surface area contributed by atoms with Gasteiger partial charge in [-0.2, -0.15) is 0 Å². The van der Waals surface area contributed by atoms with Crippen molar-refractivity contribution in [2.24, 2.45) is 0 Å². The number of Topliss-reactive ketones (excluding diaryl/α,β-unsaturated/α-hetero) is 1. The van der Waals surface area contributed by atoms with Crippen LogP contribution < -0.4 is 10.1 Å². The molecule has 0 spiro atoms. The molecule has 0 heterocycles. The lowest BCUT2D eigenvalue weighted by atomic mass is 10.1. The molecule has 1 rings (SSSR count). The lowest BCUT2D eigenvalue weighted by molar-refractivity contribution is -0.120. The molecule has 4 heteroatoms. The average Bonchev–Trinajstić information content (AvgIpc) is 2.38. The molecule has 0 aliphatic rings. The van der Waals surface area contributed by atoms with E-state index in [1.165, 1.54) is 0 Å². The molecule has 1 aromatic rings. The van der Waals surface area contributed by atoms with E-state index >= 15 is 0 Å². The van der Waals surface area contributed by atoms with Crippen molar-refractivity contribution in [2.45, 2.75) is 33.2 Å². The van der Waals surface area contributed by atoms with Gasteiger partial charge in [-0.1, -0.05) is 19.1 Å². The second-order valence-electron chi connectivity index (χ2n) is 3.94. The van der Waals surface area contributed by atoms with E-state index in [2.05, 4.69) is 5.32 Å². The molecule has 0 aliphatic heterocycles. The third-order valence-electron chi connectivity index (χ3n) is 2.61. The number of para-hydroxylation sites is 1. The molecule has 1 unspecified atom stereocenters. The Morgan fingerprint density at radius 3 is 2.56 bits per heavy atom. The summed E-state index contributed by atoms with van der Waals surface area (Å²) in [6.07, 6.45) is 0.411. The highest BCUT2D eigenvalue weighted by molar-refractivity contribution is 5.99.